The van der Waals surface area contributed by atoms with Gasteiger partial charge in [0.25, 0.3) is 0 Å². The molecule has 3 aliphatic rings. The minimum Gasteiger partial charge on any atom is -0.338 e. The lowest BCUT2D eigenvalue weighted by Gasteiger charge is -2.34. The summed E-state index contributed by atoms with van der Waals surface area (Å²) in [5, 5.41) is 5.08. The molecule has 322 valence electrons. The lowest BCUT2D eigenvalue weighted by molar-refractivity contribution is 0.402. The Balaban J connectivity index is 0.901. The van der Waals surface area contributed by atoms with Gasteiger partial charge in [-0.1, -0.05) is 184 Å². The van der Waals surface area contributed by atoms with E-state index in [1.165, 1.54) is 125 Å². The second-order valence-corrected chi connectivity index (χ2v) is 19.4. The van der Waals surface area contributed by atoms with Crippen LogP contribution in [0.25, 0.3) is 66.1 Å². The van der Waals surface area contributed by atoms with Crippen LogP contribution in [0.3, 0.4) is 0 Å². The van der Waals surface area contributed by atoms with Gasteiger partial charge in [0.2, 0.25) is 0 Å². The average molecular weight is 861 g/mol. The Bertz CT molecular complexity index is 3460. The maximum absolute atomic E-state index is 2.64. The van der Waals surface area contributed by atoms with Gasteiger partial charge >= 0.3 is 0 Å². The van der Waals surface area contributed by atoms with Crippen LogP contribution >= 0.6 is 0 Å². The molecule has 2 aliphatic carbocycles. The minimum absolute atomic E-state index is 0.233. The Morgan fingerprint density at radius 2 is 0.955 bits per heavy atom. The van der Waals surface area contributed by atoms with E-state index in [2.05, 4.69) is 242 Å². The number of nitrogens with zero attached hydrogens (tertiary/aromatic N) is 2. The van der Waals surface area contributed by atoms with Crippen molar-refractivity contribution in [2.45, 2.75) is 56.9 Å². The fourth-order valence-corrected chi connectivity index (χ4v) is 12.4. The molecule has 0 spiro atoms. The lowest BCUT2D eigenvalue weighted by Crippen LogP contribution is -2.32. The van der Waals surface area contributed by atoms with Gasteiger partial charge in [-0.25, -0.2) is 0 Å². The smallest absolute Gasteiger partial charge is 0.0465 e. The van der Waals surface area contributed by atoms with E-state index in [1.807, 2.05) is 0 Å². The first kappa shape index (κ1) is 39.7. The molecule has 1 aliphatic heterocycles. The first-order valence-corrected chi connectivity index (χ1v) is 24.2. The SMILES string of the molecule is CC1(C)c2cc(-c3c4ccccc4c(-c4ccccc4-c4ccccc4)c4ccccc34)ccc2-c2ccc(N(c3ccccc3)c3ccc(N4c5ccccc5C5CCCCC54)cc3)cc21. The number of hydrogen-bond acceptors (Lipinski definition) is 2. The van der Waals surface area contributed by atoms with Crippen molar-refractivity contribution in [3.8, 4) is 44.5 Å². The van der Waals surface area contributed by atoms with Crippen molar-refractivity contribution in [3.63, 3.8) is 0 Å². The Morgan fingerprint density at radius 1 is 0.418 bits per heavy atom. The number of anilines is 5. The average Bonchev–Trinajstić information content (AvgIpc) is 3.84. The van der Waals surface area contributed by atoms with E-state index in [0.29, 0.717) is 12.0 Å². The summed E-state index contributed by atoms with van der Waals surface area (Å²) in [6.45, 7) is 4.83. The number of benzene rings is 10. The molecular weight excluding hydrogens is 809 g/mol. The normalized spacial score (nSPS) is 16.7. The van der Waals surface area contributed by atoms with E-state index < -0.39 is 0 Å². The Kier molecular flexibility index (Phi) is 9.32. The van der Waals surface area contributed by atoms with Crippen LogP contribution in [0.5, 0.6) is 0 Å². The first-order valence-electron chi connectivity index (χ1n) is 24.2. The van der Waals surface area contributed by atoms with Gasteiger partial charge in [0.05, 0.1) is 0 Å². The third-order valence-corrected chi connectivity index (χ3v) is 15.5. The fourth-order valence-electron chi connectivity index (χ4n) is 12.4. The van der Waals surface area contributed by atoms with Gasteiger partial charge in [-0.15, -0.1) is 0 Å². The highest BCUT2D eigenvalue weighted by Crippen LogP contribution is 2.55. The zero-order valence-electron chi connectivity index (χ0n) is 38.2. The molecule has 2 unspecified atom stereocenters. The van der Waals surface area contributed by atoms with Crippen molar-refractivity contribution in [3.05, 3.63) is 235 Å². The molecule has 10 aromatic carbocycles. The summed E-state index contributed by atoms with van der Waals surface area (Å²) < 4.78 is 0. The molecular formula is C65H52N2. The number of fused-ring (bicyclic) bond motifs is 8. The molecule has 0 amide bonds. The molecule has 1 saturated carbocycles. The summed E-state index contributed by atoms with van der Waals surface area (Å²) in [6.07, 6.45) is 5.16. The number of rotatable bonds is 7. The van der Waals surface area contributed by atoms with Gasteiger partial charge in [-0.05, 0) is 156 Å². The van der Waals surface area contributed by atoms with Crippen LogP contribution in [-0.4, -0.2) is 6.04 Å². The summed E-state index contributed by atoms with van der Waals surface area (Å²) in [4.78, 5) is 5.08. The Morgan fingerprint density at radius 3 is 1.67 bits per heavy atom. The summed E-state index contributed by atoms with van der Waals surface area (Å²) in [6, 6.07) is 82.1. The van der Waals surface area contributed by atoms with Crippen LogP contribution in [0.15, 0.2) is 218 Å². The van der Waals surface area contributed by atoms with E-state index >= 15 is 0 Å². The van der Waals surface area contributed by atoms with Crippen molar-refractivity contribution < 1.29 is 0 Å². The van der Waals surface area contributed by atoms with Gasteiger partial charge in [0, 0.05) is 45.8 Å². The van der Waals surface area contributed by atoms with E-state index in [4.69, 9.17) is 0 Å². The molecule has 1 fully saturated rings. The molecule has 0 radical (unpaired) electrons. The van der Waals surface area contributed by atoms with E-state index in [1.54, 1.807) is 0 Å². The quantitative estimate of drug-likeness (QED) is 0.147. The predicted octanol–water partition coefficient (Wildman–Crippen LogP) is 17.9. The van der Waals surface area contributed by atoms with E-state index in [0.717, 1.165) is 11.4 Å². The van der Waals surface area contributed by atoms with Gasteiger partial charge in [0.15, 0.2) is 0 Å². The van der Waals surface area contributed by atoms with Crippen molar-refractivity contribution >= 4 is 50.0 Å². The predicted molar refractivity (Wildman–Crippen MR) is 284 cm³/mol. The molecule has 13 rings (SSSR count). The molecule has 2 atom stereocenters. The lowest BCUT2D eigenvalue weighted by atomic mass is 9.80. The highest BCUT2D eigenvalue weighted by Gasteiger charge is 2.40. The molecule has 2 nitrogen and oxygen atoms in total. The van der Waals surface area contributed by atoms with Crippen LogP contribution in [0, 0.1) is 0 Å². The zero-order chi connectivity index (χ0) is 44.6. The highest BCUT2D eigenvalue weighted by atomic mass is 15.2. The summed E-state index contributed by atoms with van der Waals surface area (Å²) in [5.74, 6) is 0.619. The van der Waals surface area contributed by atoms with Gasteiger partial charge in [-0.3, -0.25) is 0 Å². The van der Waals surface area contributed by atoms with Crippen LogP contribution in [0.4, 0.5) is 28.4 Å². The zero-order valence-corrected chi connectivity index (χ0v) is 38.2. The van der Waals surface area contributed by atoms with E-state index in [9.17, 15) is 0 Å². The topological polar surface area (TPSA) is 6.48 Å². The van der Waals surface area contributed by atoms with Crippen LogP contribution in [0.1, 0.15) is 62.1 Å². The summed E-state index contributed by atoms with van der Waals surface area (Å²) >= 11 is 0. The summed E-state index contributed by atoms with van der Waals surface area (Å²) in [5.41, 5.74) is 20.4. The monoisotopic (exact) mass is 860 g/mol. The van der Waals surface area contributed by atoms with Gasteiger partial charge in [0.1, 0.15) is 0 Å². The van der Waals surface area contributed by atoms with Crippen LogP contribution in [0.2, 0.25) is 0 Å². The second kappa shape index (κ2) is 15.7. The molecule has 0 bridgehead atoms. The van der Waals surface area contributed by atoms with E-state index in [-0.39, 0.29) is 5.41 Å². The Hall–Kier alpha value is -7.68. The first-order chi connectivity index (χ1) is 33.0. The van der Waals surface area contributed by atoms with Crippen molar-refractivity contribution in [2.24, 2.45) is 0 Å². The molecule has 10 aromatic rings. The third kappa shape index (κ3) is 6.30. The molecule has 0 N–H and O–H groups in total. The largest absolute Gasteiger partial charge is 0.338 e. The highest BCUT2D eigenvalue weighted by molar-refractivity contribution is 6.22. The van der Waals surface area contributed by atoms with Gasteiger partial charge in [-0.2, -0.15) is 0 Å². The molecule has 0 aromatic heterocycles. The minimum atomic E-state index is -0.233. The summed E-state index contributed by atoms with van der Waals surface area (Å²) in [7, 11) is 0. The van der Waals surface area contributed by atoms with Crippen LogP contribution in [-0.2, 0) is 5.41 Å². The van der Waals surface area contributed by atoms with Crippen LogP contribution < -0.4 is 9.80 Å². The maximum atomic E-state index is 2.64. The standard InChI is InChI=1S/C65H52N2/c1-65(2)59-41-44(63-55-27-11-13-29-57(55)64(58-30-14-12-28-56(58)63)54-26-10-9-23-49(54)43-19-5-3-6-20-43)33-39-50(59)51-40-38-48(42-60(51)65)66(45-21-7-4-8-22-45)46-34-36-47(37-35-46)67-61-31-17-15-24-52(61)53-25-16-18-32-62(53)67/h3-15,17,19-24,26-31,33-42,53,62H,16,18,25,32H2,1-2H3. The Labute approximate surface area is 394 Å². The molecule has 67 heavy (non-hydrogen) atoms. The fraction of sp³-hybridized carbons (Fsp3) is 0.138. The van der Waals surface area contributed by atoms with Crippen molar-refractivity contribution in [2.75, 3.05) is 9.80 Å². The molecule has 2 heteroatoms. The maximum Gasteiger partial charge on any atom is 0.0465 e. The molecule has 0 saturated heterocycles. The van der Waals surface area contributed by atoms with Crippen molar-refractivity contribution in [1.29, 1.82) is 0 Å². The van der Waals surface area contributed by atoms with Crippen molar-refractivity contribution in [1.82, 2.24) is 0 Å². The van der Waals surface area contributed by atoms with Gasteiger partial charge < -0.3 is 9.80 Å². The second-order valence-electron chi connectivity index (χ2n) is 19.4. The number of hydrogen-bond donors (Lipinski definition) is 0. The number of para-hydroxylation sites is 2. The molecule has 1 heterocycles. The third-order valence-electron chi connectivity index (χ3n) is 15.5.